The van der Waals surface area contributed by atoms with E-state index < -0.39 is 46.2 Å². The number of carbonyl (C=O) groups excluding carboxylic acids is 1. The summed E-state index contributed by atoms with van der Waals surface area (Å²) in [6, 6.07) is 0.929. The normalized spacial score (nSPS) is 9.76. The van der Waals surface area contributed by atoms with Crippen LogP contribution in [0.4, 0.5) is 5.69 Å². The molecule has 21 heavy (non-hydrogen) atoms. The molecule has 0 radical (unpaired) electrons. The van der Waals surface area contributed by atoms with E-state index in [9.17, 15) is 19.2 Å². The lowest BCUT2D eigenvalue weighted by molar-refractivity contribution is -0.111. The Hall–Kier alpha value is -3.16. The van der Waals surface area contributed by atoms with Crippen molar-refractivity contribution < 1.29 is 34.5 Å². The summed E-state index contributed by atoms with van der Waals surface area (Å²) in [6.07, 6.45) is 0.806. The van der Waals surface area contributed by atoms with Crippen LogP contribution in [0, 0.1) is 6.92 Å². The van der Waals surface area contributed by atoms with Crippen molar-refractivity contribution in [3.05, 3.63) is 41.0 Å². The number of amides is 1. The van der Waals surface area contributed by atoms with Gasteiger partial charge < -0.3 is 20.6 Å². The number of benzene rings is 1. The molecule has 1 aromatic rings. The molecule has 0 aliphatic heterocycles. The molecule has 1 amide bonds. The van der Waals surface area contributed by atoms with Crippen LogP contribution in [0.15, 0.2) is 18.7 Å². The first-order chi connectivity index (χ1) is 9.70. The van der Waals surface area contributed by atoms with Crippen LogP contribution in [0.5, 0.6) is 0 Å². The molecule has 0 saturated heterocycles. The number of aryl methyl sites for hydroxylation is 1. The van der Waals surface area contributed by atoms with E-state index in [0.29, 0.717) is 0 Å². The topological polar surface area (TPSA) is 141 Å². The lowest BCUT2D eigenvalue weighted by Crippen LogP contribution is -2.20. The lowest BCUT2D eigenvalue weighted by atomic mass is 9.95. The molecule has 0 saturated carbocycles. The molecule has 0 bridgehead atoms. The summed E-state index contributed by atoms with van der Waals surface area (Å²) in [5.74, 6) is -5.58. The fourth-order valence-corrected chi connectivity index (χ4v) is 1.78. The number of rotatable bonds is 5. The Morgan fingerprint density at radius 3 is 1.95 bits per heavy atom. The molecule has 4 N–H and O–H groups in total. The summed E-state index contributed by atoms with van der Waals surface area (Å²) in [5, 5.41) is 29.4. The minimum Gasteiger partial charge on any atom is -0.478 e. The van der Waals surface area contributed by atoms with E-state index in [1.165, 1.54) is 6.92 Å². The minimum atomic E-state index is -1.67. The third-order valence-electron chi connectivity index (χ3n) is 2.62. The maximum Gasteiger partial charge on any atom is 0.338 e. The predicted molar refractivity (Wildman–Crippen MR) is 70.9 cm³/mol. The molecule has 8 heteroatoms. The van der Waals surface area contributed by atoms with Crippen LogP contribution in [-0.2, 0) is 4.79 Å². The molecule has 0 aromatic heterocycles. The standard InChI is InChI=1S/C13H11NO7/c1-3-7(15)14-10-8(12(18)19)5(2)4-6(11(16)17)9(10)13(20)21/h3-4H,1H2,2H3,(H,14,15)(H,16,17)(H,18,19)(H,20,21). The first-order valence-corrected chi connectivity index (χ1v) is 5.51. The number of carbonyl (C=O) groups is 4. The van der Waals surface area contributed by atoms with Gasteiger partial charge in [0.15, 0.2) is 0 Å². The first-order valence-electron chi connectivity index (χ1n) is 5.51. The predicted octanol–water partition coefficient (Wildman–Crippen LogP) is 1.21. The number of hydrogen-bond donors (Lipinski definition) is 4. The van der Waals surface area contributed by atoms with Crippen molar-refractivity contribution in [2.24, 2.45) is 0 Å². The first kappa shape index (κ1) is 15.9. The third-order valence-corrected chi connectivity index (χ3v) is 2.62. The third kappa shape index (κ3) is 3.06. The number of carboxylic acids is 3. The molecule has 0 heterocycles. The van der Waals surface area contributed by atoms with Gasteiger partial charge in [-0.15, -0.1) is 0 Å². The second kappa shape index (κ2) is 5.87. The highest BCUT2D eigenvalue weighted by atomic mass is 16.4. The average Bonchev–Trinajstić information content (AvgIpc) is 2.36. The maximum atomic E-state index is 11.4. The van der Waals surface area contributed by atoms with Crippen LogP contribution in [-0.4, -0.2) is 39.1 Å². The van der Waals surface area contributed by atoms with E-state index in [1.807, 2.05) is 5.32 Å². The van der Waals surface area contributed by atoms with E-state index in [2.05, 4.69) is 6.58 Å². The van der Waals surface area contributed by atoms with E-state index in [0.717, 1.165) is 12.1 Å². The molecule has 1 aromatic carbocycles. The highest BCUT2D eigenvalue weighted by molar-refractivity contribution is 6.14. The molecule has 0 atom stereocenters. The minimum absolute atomic E-state index is 0.00395. The van der Waals surface area contributed by atoms with Crippen LogP contribution in [0.25, 0.3) is 0 Å². The quantitative estimate of drug-likeness (QED) is 0.598. The van der Waals surface area contributed by atoms with Crippen molar-refractivity contribution in [3.8, 4) is 0 Å². The fraction of sp³-hybridized carbons (Fsp3) is 0.0769. The Balaban J connectivity index is 3.84. The second-order valence-electron chi connectivity index (χ2n) is 3.97. The SMILES string of the molecule is C=CC(=O)Nc1c(C(=O)O)c(C)cc(C(=O)O)c1C(=O)O. The zero-order chi connectivity index (χ0) is 16.3. The van der Waals surface area contributed by atoms with Gasteiger partial charge in [-0.25, -0.2) is 14.4 Å². The van der Waals surface area contributed by atoms with Gasteiger partial charge >= 0.3 is 17.9 Å². The van der Waals surface area contributed by atoms with Crippen LogP contribution in [0.3, 0.4) is 0 Å². The van der Waals surface area contributed by atoms with Crippen LogP contribution >= 0.6 is 0 Å². The van der Waals surface area contributed by atoms with Gasteiger partial charge in [0.2, 0.25) is 5.91 Å². The molecule has 0 aliphatic rings. The molecule has 0 spiro atoms. The van der Waals surface area contributed by atoms with Gasteiger partial charge in [-0.05, 0) is 24.6 Å². The van der Waals surface area contributed by atoms with Gasteiger partial charge in [0.25, 0.3) is 0 Å². The molecular weight excluding hydrogens is 282 g/mol. The van der Waals surface area contributed by atoms with Gasteiger partial charge in [0.05, 0.1) is 22.4 Å². The zero-order valence-corrected chi connectivity index (χ0v) is 10.8. The van der Waals surface area contributed by atoms with Crippen LogP contribution in [0.1, 0.15) is 36.6 Å². The molecule has 0 aliphatic carbocycles. The monoisotopic (exact) mass is 293 g/mol. The summed E-state index contributed by atoms with van der Waals surface area (Å²) in [5.41, 5.74) is -2.50. The molecule has 110 valence electrons. The molecule has 8 nitrogen and oxygen atoms in total. The summed E-state index contributed by atoms with van der Waals surface area (Å²) in [4.78, 5) is 45.0. The number of nitrogens with one attached hydrogen (secondary N) is 1. The van der Waals surface area contributed by atoms with Gasteiger partial charge in [-0.2, -0.15) is 0 Å². The van der Waals surface area contributed by atoms with Crippen LogP contribution in [0.2, 0.25) is 0 Å². The molecule has 0 unspecified atom stereocenters. The molecular formula is C13H11NO7. The Kier molecular flexibility index (Phi) is 4.44. The average molecular weight is 293 g/mol. The highest BCUT2D eigenvalue weighted by Crippen LogP contribution is 2.29. The van der Waals surface area contributed by atoms with Gasteiger partial charge in [-0.3, -0.25) is 4.79 Å². The Morgan fingerprint density at radius 1 is 1.05 bits per heavy atom. The number of hydrogen-bond acceptors (Lipinski definition) is 4. The largest absolute Gasteiger partial charge is 0.478 e. The number of anilines is 1. The van der Waals surface area contributed by atoms with Gasteiger partial charge in [-0.1, -0.05) is 6.58 Å². The number of carboxylic acid groups (broad SMARTS) is 3. The van der Waals surface area contributed by atoms with E-state index in [1.54, 1.807) is 0 Å². The van der Waals surface area contributed by atoms with E-state index in [-0.39, 0.29) is 5.56 Å². The van der Waals surface area contributed by atoms with Crippen molar-refractivity contribution in [2.45, 2.75) is 6.92 Å². The zero-order valence-electron chi connectivity index (χ0n) is 10.8. The van der Waals surface area contributed by atoms with Gasteiger partial charge in [0, 0.05) is 0 Å². The molecule has 0 fully saturated rings. The van der Waals surface area contributed by atoms with Gasteiger partial charge in [0.1, 0.15) is 0 Å². The smallest absolute Gasteiger partial charge is 0.338 e. The Morgan fingerprint density at radius 2 is 1.57 bits per heavy atom. The maximum absolute atomic E-state index is 11.4. The highest BCUT2D eigenvalue weighted by Gasteiger charge is 2.28. The summed E-state index contributed by atoms with van der Waals surface area (Å²) in [6.45, 7) is 4.46. The van der Waals surface area contributed by atoms with Crippen LogP contribution < -0.4 is 5.32 Å². The van der Waals surface area contributed by atoms with Crippen molar-refractivity contribution >= 4 is 29.5 Å². The summed E-state index contributed by atoms with van der Waals surface area (Å²) >= 11 is 0. The molecule has 1 rings (SSSR count). The fourth-order valence-electron chi connectivity index (χ4n) is 1.78. The van der Waals surface area contributed by atoms with E-state index >= 15 is 0 Å². The van der Waals surface area contributed by atoms with Crippen molar-refractivity contribution in [2.75, 3.05) is 5.32 Å². The lowest BCUT2D eigenvalue weighted by Gasteiger charge is -2.15. The number of aromatic carboxylic acids is 3. The van der Waals surface area contributed by atoms with Crippen molar-refractivity contribution in [1.29, 1.82) is 0 Å². The summed E-state index contributed by atoms with van der Waals surface area (Å²) < 4.78 is 0. The second-order valence-corrected chi connectivity index (χ2v) is 3.97. The van der Waals surface area contributed by atoms with E-state index in [4.69, 9.17) is 15.3 Å². The Bertz CT molecular complexity index is 676. The van der Waals surface area contributed by atoms with Crippen molar-refractivity contribution in [3.63, 3.8) is 0 Å². The Labute approximate surface area is 118 Å². The van der Waals surface area contributed by atoms with Crippen molar-refractivity contribution in [1.82, 2.24) is 0 Å². The summed E-state index contributed by atoms with van der Waals surface area (Å²) in [7, 11) is 0.